The number of aliphatic hydroxyl groups is 1. The van der Waals surface area contributed by atoms with Gasteiger partial charge in [-0.05, 0) is 43.2 Å². The first-order chi connectivity index (χ1) is 9.63. The molecule has 1 aromatic heterocycles. The molecule has 1 aliphatic rings. The molecule has 2 rings (SSSR count). The third kappa shape index (κ3) is 5.27. The highest BCUT2D eigenvalue weighted by Crippen LogP contribution is 2.28. The number of hydrogen-bond acceptors (Lipinski definition) is 4. The highest BCUT2D eigenvalue weighted by molar-refractivity contribution is 4.96. The molecule has 114 valence electrons. The van der Waals surface area contributed by atoms with Crippen molar-refractivity contribution in [3.63, 3.8) is 0 Å². The van der Waals surface area contributed by atoms with Crippen LogP contribution in [0.25, 0.3) is 0 Å². The lowest BCUT2D eigenvalue weighted by atomic mass is 9.80. The molecule has 1 saturated carbocycles. The lowest BCUT2D eigenvalue weighted by molar-refractivity contribution is 0.0202. The Morgan fingerprint density at radius 3 is 2.75 bits per heavy atom. The number of furan rings is 1. The van der Waals surface area contributed by atoms with Gasteiger partial charge in [0.1, 0.15) is 12.4 Å². The van der Waals surface area contributed by atoms with Gasteiger partial charge in [-0.1, -0.05) is 13.8 Å². The van der Waals surface area contributed by atoms with E-state index in [1.165, 1.54) is 19.3 Å². The highest BCUT2D eigenvalue weighted by atomic mass is 16.5. The molecule has 1 fully saturated rings. The van der Waals surface area contributed by atoms with Gasteiger partial charge >= 0.3 is 0 Å². The normalized spacial score (nSPS) is 28.4. The first-order valence-corrected chi connectivity index (χ1v) is 7.65. The van der Waals surface area contributed by atoms with Gasteiger partial charge in [-0.2, -0.15) is 0 Å². The fourth-order valence-corrected chi connectivity index (χ4v) is 3.17. The number of ether oxygens (including phenoxy) is 1. The van der Waals surface area contributed by atoms with E-state index in [0.29, 0.717) is 25.8 Å². The molecular formula is C16H27NO3. The van der Waals surface area contributed by atoms with Gasteiger partial charge in [0.15, 0.2) is 0 Å². The van der Waals surface area contributed by atoms with Gasteiger partial charge < -0.3 is 19.6 Å². The van der Waals surface area contributed by atoms with Gasteiger partial charge in [-0.3, -0.25) is 0 Å². The van der Waals surface area contributed by atoms with Crippen LogP contribution in [0.3, 0.4) is 0 Å². The summed E-state index contributed by atoms with van der Waals surface area (Å²) in [6.45, 7) is 5.98. The summed E-state index contributed by atoms with van der Waals surface area (Å²) in [5, 5.41) is 13.4. The Bertz CT molecular complexity index is 356. The summed E-state index contributed by atoms with van der Waals surface area (Å²) in [5.41, 5.74) is 0. The maximum absolute atomic E-state index is 9.92. The second-order valence-corrected chi connectivity index (χ2v) is 6.27. The van der Waals surface area contributed by atoms with E-state index in [1.807, 2.05) is 12.1 Å². The third-order valence-electron chi connectivity index (χ3n) is 3.96. The molecule has 4 nitrogen and oxygen atoms in total. The summed E-state index contributed by atoms with van der Waals surface area (Å²) in [5.74, 6) is 2.35. The van der Waals surface area contributed by atoms with Crippen LogP contribution < -0.4 is 5.32 Å². The number of rotatable bonds is 7. The molecule has 0 bridgehead atoms. The maximum Gasteiger partial charge on any atom is 0.129 e. The van der Waals surface area contributed by atoms with Gasteiger partial charge in [0.05, 0.1) is 19.0 Å². The zero-order valence-electron chi connectivity index (χ0n) is 12.5. The molecule has 0 aromatic carbocycles. The van der Waals surface area contributed by atoms with Crippen LogP contribution in [0.2, 0.25) is 0 Å². The zero-order chi connectivity index (χ0) is 14.4. The van der Waals surface area contributed by atoms with Gasteiger partial charge in [0.2, 0.25) is 0 Å². The van der Waals surface area contributed by atoms with Crippen LogP contribution in [-0.4, -0.2) is 30.4 Å². The third-order valence-corrected chi connectivity index (χ3v) is 3.96. The van der Waals surface area contributed by atoms with Crippen LogP contribution in [-0.2, 0) is 11.3 Å². The van der Waals surface area contributed by atoms with Gasteiger partial charge in [0, 0.05) is 12.6 Å². The summed E-state index contributed by atoms with van der Waals surface area (Å²) in [7, 11) is 0. The van der Waals surface area contributed by atoms with Crippen molar-refractivity contribution in [1.29, 1.82) is 0 Å². The van der Waals surface area contributed by atoms with E-state index in [0.717, 1.165) is 17.6 Å². The van der Waals surface area contributed by atoms with Crippen LogP contribution in [0.5, 0.6) is 0 Å². The van der Waals surface area contributed by atoms with Gasteiger partial charge in [-0.15, -0.1) is 0 Å². The molecule has 3 atom stereocenters. The Balaban J connectivity index is 1.58. The second kappa shape index (κ2) is 7.81. The Morgan fingerprint density at radius 2 is 2.10 bits per heavy atom. The molecule has 2 N–H and O–H groups in total. The SMILES string of the molecule is CC1CC(C)CC(NCC(O)COCc2ccco2)C1. The molecule has 0 amide bonds. The molecule has 4 heteroatoms. The average Bonchev–Trinajstić information content (AvgIpc) is 2.88. The second-order valence-electron chi connectivity index (χ2n) is 6.27. The first-order valence-electron chi connectivity index (χ1n) is 7.65. The van der Waals surface area contributed by atoms with Crippen molar-refractivity contribution in [2.45, 2.75) is 51.9 Å². The minimum Gasteiger partial charge on any atom is -0.467 e. The number of hydrogen-bond donors (Lipinski definition) is 2. The van der Waals surface area contributed by atoms with Crippen LogP contribution in [0.4, 0.5) is 0 Å². The molecule has 0 saturated heterocycles. The van der Waals surface area contributed by atoms with E-state index in [-0.39, 0.29) is 0 Å². The smallest absolute Gasteiger partial charge is 0.129 e. The summed E-state index contributed by atoms with van der Waals surface area (Å²) < 4.78 is 10.6. The van der Waals surface area contributed by atoms with Crippen molar-refractivity contribution >= 4 is 0 Å². The molecule has 1 heterocycles. The Kier molecular flexibility index (Phi) is 6.07. The van der Waals surface area contributed by atoms with Crippen molar-refractivity contribution in [1.82, 2.24) is 5.32 Å². The fraction of sp³-hybridized carbons (Fsp3) is 0.750. The molecule has 1 aromatic rings. The molecular weight excluding hydrogens is 254 g/mol. The standard InChI is InChI=1S/C16H27NO3/c1-12-6-13(2)8-14(7-12)17-9-15(18)10-19-11-16-4-3-5-20-16/h3-5,12-15,17-18H,6-11H2,1-2H3. The largest absolute Gasteiger partial charge is 0.467 e. The minimum atomic E-state index is -0.461. The molecule has 1 aliphatic carbocycles. The predicted octanol–water partition coefficient (Wildman–Crippen LogP) is 2.57. The predicted molar refractivity (Wildman–Crippen MR) is 78.3 cm³/mol. The van der Waals surface area contributed by atoms with Crippen molar-refractivity contribution in [2.75, 3.05) is 13.2 Å². The van der Waals surface area contributed by atoms with E-state index >= 15 is 0 Å². The summed E-state index contributed by atoms with van der Waals surface area (Å²) in [4.78, 5) is 0. The number of nitrogens with one attached hydrogen (secondary N) is 1. The maximum atomic E-state index is 9.92. The highest BCUT2D eigenvalue weighted by Gasteiger charge is 2.23. The summed E-state index contributed by atoms with van der Waals surface area (Å²) in [6, 6.07) is 4.24. The number of aliphatic hydroxyl groups excluding tert-OH is 1. The van der Waals surface area contributed by atoms with Crippen LogP contribution in [0.15, 0.2) is 22.8 Å². The fourth-order valence-electron chi connectivity index (χ4n) is 3.17. The minimum absolute atomic E-state index is 0.339. The van der Waals surface area contributed by atoms with Crippen molar-refractivity contribution in [2.24, 2.45) is 11.8 Å². The van der Waals surface area contributed by atoms with Gasteiger partial charge in [-0.25, -0.2) is 0 Å². The lowest BCUT2D eigenvalue weighted by Crippen LogP contribution is -2.41. The quantitative estimate of drug-likeness (QED) is 0.806. The Hall–Kier alpha value is -0.840. The van der Waals surface area contributed by atoms with Crippen LogP contribution >= 0.6 is 0 Å². The van der Waals surface area contributed by atoms with E-state index < -0.39 is 6.10 Å². The van der Waals surface area contributed by atoms with Crippen molar-refractivity contribution in [3.05, 3.63) is 24.2 Å². The molecule has 0 spiro atoms. The van der Waals surface area contributed by atoms with Gasteiger partial charge in [0.25, 0.3) is 0 Å². The van der Waals surface area contributed by atoms with Crippen LogP contribution in [0.1, 0.15) is 38.9 Å². The van der Waals surface area contributed by atoms with E-state index in [2.05, 4.69) is 19.2 Å². The summed E-state index contributed by atoms with van der Waals surface area (Å²) >= 11 is 0. The molecule has 0 radical (unpaired) electrons. The Morgan fingerprint density at radius 1 is 1.35 bits per heavy atom. The zero-order valence-corrected chi connectivity index (χ0v) is 12.5. The van der Waals surface area contributed by atoms with E-state index in [4.69, 9.17) is 9.15 Å². The molecule has 0 aliphatic heterocycles. The average molecular weight is 281 g/mol. The monoisotopic (exact) mass is 281 g/mol. The van der Waals surface area contributed by atoms with Crippen molar-refractivity contribution in [3.8, 4) is 0 Å². The van der Waals surface area contributed by atoms with E-state index in [9.17, 15) is 5.11 Å². The first kappa shape index (κ1) is 15.5. The Labute approximate surface area is 121 Å². The van der Waals surface area contributed by atoms with Crippen molar-refractivity contribution < 1.29 is 14.3 Å². The molecule has 3 unspecified atom stereocenters. The lowest BCUT2D eigenvalue weighted by Gasteiger charge is -2.32. The topological polar surface area (TPSA) is 54.6 Å². The summed E-state index contributed by atoms with van der Waals surface area (Å²) in [6.07, 6.45) is 4.92. The van der Waals surface area contributed by atoms with E-state index in [1.54, 1.807) is 6.26 Å². The molecule has 20 heavy (non-hydrogen) atoms. The van der Waals surface area contributed by atoms with Crippen LogP contribution in [0, 0.1) is 11.8 Å².